The Kier molecular flexibility index (Phi) is 8.74. The third kappa shape index (κ3) is 8.93. The molecule has 0 aliphatic carbocycles. The Balaban J connectivity index is 1.96. The first-order valence-electron chi connectivity index (χ1n) is 8.49. The largest absolute Gasteiger partial charge is 0.379 e. The summed E-state index contributed by atoms with van der Waals surface area (Å²) >= 11 is 0. The van der Waals surface area contributed by atoms with E-state index >= 15 is 0 Å². The molecule has 1 fully saturated rings. The van der Waals surface area contributed by atoms with E-state index in [9.17, 15) is 0 Å². The van der Waals surface area contributed by atoms with Gasteiger partial charge in [-0.3, -0.25) is 0 Å². The van der Waals surface area contributed by atoms with Gasteiger partial charge in [-0.2, -0.15) is 0 Å². The fourth-order valence-electron chi connectivity index (χ4n) is 2.50. The number of ether oxygens (including phenoxy) is 2. The number of unbranched alkanes of at least 4 members (excludes halogenated alkanes) is 4. The Bertz CT molecular complexity index is 238. The van der Waals surface area contributed by atoms with Crippen LogP contribution in [0.3, 0.4) is 0 Å². The van der Waals surface area contributed by atoms with E-state index in [1.165, 1.54) is 32.1 Å². The predicted octanol–water partition coefficient (Wildman–Crippen LogP) is 3.91. The van der Waals surface area contributed by atoms with Crippen molar-refractivity contribution in [2.24, 2.45) is 0 Å². The van der Waals surface area contributed by atoms with Crippen molar-refractivity contribution < 1.29 is 9.47 Å². The van der Waals surface area contributed by atoms with Gasteiger partial charge in [0.25, 0.3) is 0 Å². The standard InChI is InChI=1S/C17H35NO2/c1-5-6-7-8-9-12-19-14-16-11-10-15(20-16)13-18-17(2,3)4/h15-16,18H,5-14H2,1-4H3. The van der Waals surface area contributed by atoms with Crippen LogP contribution in [0.1, 0.15) is 72.6 Å². The topological polar surface area (TPSA) is 30.5 Å². The monoisotopic (exact) mass is 285 g/mol. The molecule has 1 aliphatic heterocycles. The molecule has 0 aromatic heterocycles. The molecule has 1 saturated heterocycles. The zero-order valence-corrected chi connectivity index (χ0v) is 14.0. The summed E-state index contributed by atoms with van der Waals surface area (Å²) in [6.45, 7) is 11.5. The van der Waals surface area contributed by atoms with E-state index in [1.807, 2.05) is 0 Å². The highest BCUT2D eigenvalue weighted by atomic mass is 16.5. The SMILES string of the molecule is CCCCCCCOCC1CCC(CNC(C)(C)C)O1. The van der Waals surface area contributed by atoms with Crippen LogP contribution in [-0.2, 0) is 9.47 Å². The summed E-state index contributed by atoms with van der Waals surface area (Å²) in [5.41, 5.74) is 0.177. The lowest BCUT2D eigenvalue weighted by atomic mass is 10.1. The molecule has 0 spiro atoms. The molecule has 2 atom stereocenters. The van der Waals surface area contributed by atoms with Crippen LogP contribution in [0.15, 0.2) is 0 Å². The average Bonchev–Trinajstić information content (AvgIpc) is 2.82. The van der Waals surface area contributed by atoms with Crippen molar-refractivity contribution in [2.45, 2.75) is 90.4 Å². The second-order valence-corrected chi connectivity index (χ2v) is 7.08. The van der Waals surface area contributed by atoms with Gasteiger partial charge in [0.1, 0.15) is 0 Å². The summed E-state index contributed by atoms with van der Waals surface area (Å²) in [5.74, 6) is 0. The summed E-state index contributed by atoms with van der Waals surface area (Å²) < 4.78 is 11.8. The first-order chi connectivity index (χ1) is 9.51. The lowest BCUT2D eigenvalue weighted by Crippen LogP contribution is -2.41. The number of rotatable bonds is 10. The highest BCUT2D eigenvalue weighted by Crippen LogP contribution is 2.20. The maximum Gasteiger partial charge on any atom is 0.0813 e. The van der Waals surface area contributed by atoms with Crippen molar-refractivity contribution in [1.29, 1.82) is 0 Å². The third-order valence-electron chi connectivity index (χ3n) is 3.75. The minimum Gasteiger partial charge on any atom is -0.379 e. The van der Waals surface area contributed by atoms with Crippen LogP contribution in [0.25, 0.3) is 0 Å². The van der Waals surface area contributed by atoms with Crippen molar-refractivity contribution in [3.8, 4) is 0 Å². The second kappa shape index (κ2) is 9.75. The van der Waals surface area contributed by atoms with E-state index in [0.717, 1.165) is 32.6 Å². The van der Waals surface area contributed by atoms with Crippen LogP contribution in [0.4, 0.5) is 0 Å². The summed E-state index contributed by atoms with van der Waals surface area (Å²) in [7, 11) is 0. The molecule has 1 N–H and O–H groups in total. The summed E-state index contributed by atoms with van der Waals surface area (Å²) in [5, 5.41) is 3.51. The van der Waals surface area contributed by atoms with E-state index in [-0.39, 0.29) is 5.54 Å². The maximum absolute atomic E-state index is 6.01. The van der Waals surface area contributed by atoms with Crippen LogP contribution < -0.4 is 5.32 Å². The normalized spacial score (nSPS) is 23.4. The summed E-state index contributed by atoms with van der Waals surface area (Å²) in [4.78, 5) is 0. The molecule has 0 amide bonds. The van der Waals surface area contributed by atoms with Gasteiger partial charge in [0.05, 0.1) is 18.8 Å². The highest BCUT2D eigenvalue weighted by molar-refractivity contribution is 4.79. The van der Waals surface area contributed by atoms with E-state index in [0.29, 0.717) is 12.2 Å². The zero-order valence-electron chi connectivity index (χ0n) is 14.0. The molecule has 3 heteroatoms. The van der Waals surface area contributed by atoms with Crippen molar-refractivity contribution >= 4 is 0 Å². The predicted molar refractivity (Wildman–Crippen MR) is 85.2 cm³/mol. The fourth-order valence-corrected chi connectivity index (χ4v) is 2.50. The van der Waals surface area contributed by atoms with Crippen molar-refractivity contribution in [1.82, 2.24) is 5.32 Å². The lowest BCUT2D eigenvalue weighted by molar-refractivity contribution is -0.0163. The molecule has 20 heavy (non-hydrogen) atoms. The van der Waals surface area contributed by atoms with Crippen LogP contribution in [0, 0.1) is 0 Å². The summed E-state index contributed by atoms with van der Waals surface area (Å²) in [6, 6.07) is 0. The first kappa shape index (κ1) is 17.9. The van der Waals surface area contributed by atoms with Crippen molar-refractivity contribution in [3.63, 3.8) is 0 Å². The average molecular weight is 285 g/mol. The number of nitrogens with one attached hydrogen (secondary N) is 1. The molecule has 1 aliphatic rings. The van der Waals surface area contributed by atoms with Crippen LogP contribution in [-0.4, -0.2) is 37.5 Å². The Labute approximate surface area is 125 Å². The maximum atomic E-state index is 6.01. The molecule has 3 nitrogen and oxygen atoms in total. The molecular formula is C17H35NO2. The number of hydrogen-bond acceptors (Lipinski definition) is 3. The van der Waals surface area contributed by atoms with E-state index in [1.54, 1.807) is 0 Å². The molecule has 0 aromatic rings. The van der Waals surface area contributed by atoms with Crippen LogP contribution in [0.2, 0.25) is 0 Å². The molecule has 120 valence electrons. The fraction of sp³-hybridized carbons (Fsp3) is 1.00. The Hall–Kier alpha value is -0.120. The van der Waals surface area contributed by atoms with Crippen LogP contribution >= 0.6 is 0 Å². The van der Waals surface area contributed by atoms with Gasteiger partial charge in [-0.15, -0.1) is 0 Å². The molecule has 0 bridgehead atoms. The second-order valence-electron chi connectivity index (χ2n) is 7.08. The lowest BCUT2D eigenvalue weighted by Gasteiger charge is -2.23. The van der Waals surface area contributed by atoms with Gasteiger partial charge in [0.15, 0.2) is 0 Å². The molecular weight excluding hydrogens is 250 g/mol. The molecule has 1 rings (SSSR count). The van der Waals surface area contributed by atoms with Gasteiger partial charge >= 0.3 is 0 Å². The van der Waals surface area contributed by atoms with Gasteiger partial charge in [-0.1, -0.05) is 32.6 Å². The van der Waals surface area contributed by atoms with Crippen molar-refractivity contribution in [3.05, 3.63) is 0 Å². The Morgan fingerprint density at radius 3 is 2.45 bits per heavy atom. The molecule has 0 radical (unpaired) electrons. The van der Waals surface area contributed by atoms with Gasteiger partial charge in [-0.05, 0) is 40.0 Å². The molecule has 0 saturated carbocycles. The third-order valence-corrected chi connectivity index (χ3v) is 3.75. The van der Waals surface area contributed by atoms with E-state index in [2.05, 4.69) is 33.0 Å². The van der Waals surface area contributed by atoms with Gasteiger partial charge < -0.3 is 14.8 Å². The smallest absolute Gasteiger partial charge is 0.0813 e. The van der Waals surface area contributed by atoms with Crippen molar-refractivity contribution in [2.75, 3.05) is 19.8 Å². The zero-order chi connectivity index (χ0) is 14.8. The van der Waals surface area contributed by atoms with Gasteiger partial charge in [-0.25, -0.2) is 0 Å². The van der Waals surface area contributed by atoms with Crippen LogP contribution in [0.5, 0.6) is 0 Å². The van der Waals surface area contributed by atoms with E-state index in [4.69, 9.17) is 9.47 Å². The summed E-state index contributed by atoms with van der Waals surface area (Å²) in [6.07, 6.45) is 9.50. The quantitative estimate of drug-likeness (QED) is 0.617. The first-order valence-corrected chi connectivity index (χ1v) is 8.49. The Morgan fingerprint density at radius 2 is 1.75 bits per heavy atom. The van der Waals surface area contributed by atoms with Gasteiger partial charge in [0, 0.05) is 18.7 Å². The molecule has 2 unspecified atom stereocenters. The van der Waals surface area contributed by atoms with Gasteiger partial charge in [0.2, 0.25) is 0 Å². The highest BCUT2D eigenvalue weighted by Gasteiger charge is 2.26. The Morgan fingerprint density at radius 1 is 1.05 bits per heavy atom. The molecule has 1 heterocycles. The molecule has 0 aromatic carbocycles. The minimum absolute atomic E-state index is 0.177. The van der Waals surface area contributed by atoms with E-state index < -0.39 is 0 Å². The number of hydrogen-bond donors (Lipinski definition) is 1. The minimum atomic E-state index is 0.177.